The minimum atomic E-state index is -4.19. The van der Waals surface area contributed by atoms with Gasteiger partial charge in [-0.2, -0.15) is 5.26 Å². The van der Waals surface area contributed by atoms with E-state index in [2.05, 4.69) is 4.72 Å². The highest BCUT2D eigenvalue weighted by molar-refractivity contribution is 7.92. The average Bonchev–Trinajstić information content (AvgIpc) is 2.41. The number of halogens is 2. The molecule has 21 heavy (non-hydrogen) atoms. The molecule has 0 saturated carbocycles. The first kappa shape index (κ1) is 15.1. The molecule has 2 aromatic rings. The number of nitrogens with zero attached hydrogens (tertiary/aromatic N) is 1. The van der Waals surface area contributed by atoms with Crippen LogP contribution in [0.3, 0.4) is 0 Å². The lowest BCUT2D eigenvalue weighted by Gasteiger charge is -2.11. The Balaban J connectivity index is 2.49. The number of benzene rings is 2. The van der Waals surface area contributed by atoms with Crippen LogP contribution in [0.1, 0.15) is 5.56 Å². The summed E-state index contributed by atoms with van der Waals surface area (Å²) in [6, 6.07) is 8.43. The molecule has 2 N–H and O–H groups in total. The number of anilines is 1. The van der Waals surface area contributed by atoms with Crippen LogP contribution < -0.4 is 4.72 Å². The summed E-state index contributed by atoms with van der Waals surface area (Å²) in [5.74, 6) is -1.07. The second-order valence-corrected chi connectivity index (χ2v) is 6.05. The molecule has 0 aromatic heterocycles. The molecule has 0 amide bonds. The van der Waals surface area contributed by atoms with Crippen molar-refractivity contribution in [2.75, 3.05) is 4.72 Å². The zero-order chi connectivity index (χ0) is 15.6. The normalized spacial score (nSPS) is 10.9. The van der Waals surface area contributed by atoms with Gasteiger partial charge in [0, 0.05) is 6.07 Å². The molecule has 0 aliphatic rings. The zero-order valence-corrected chi connectivity index (χ0v) is 11.9. The number of nitriles is 1. The van der Waals surface area contributed by atoms with Gasteiger partial charge in [-0.25, -0.2) is 12.8 Å². The summed E-state index contributed by atoms with van der Waals surface area (Å²) in [4.78, 5) is -0.492. The molecule has 0 radical (unpaired) electrons. The number of aromatic hydroxyl groups is 1. The Morgan fingerprint density at radius 1 is 1.29 bits per heavy atom. The van der Waals surface area contributed by atoms with Gasteiger partial charge in [-0.3, -0.25) is 4.72 Å². The quantitative estimate of drug-likeness (QED) is 0.849. The third-order valence-electron chi connectivity index (χ3n) is 2.57. The van der Waals surface area contributed by atoms with Crippen molar-refractivity contribution in [3.05, 3.63) is 52.8 Å². The fourth-order valence-electron chi connectivity index (χ4n) is 1.62. The number of hydrogen-bond acceptors (Lipinski definition) is 4. The molecule has 108 valence electrons. The largest absolute Gasteiger partial charge is 0.508 e. The lowest BCUT2D eigenvalue weighted by Crippen LogP contribution is -2.15. The van der Waals surface area contributed by atoms with Crippen molar-refractivity contribution in [1.82, 2.24) is 0 Å². The fourth-order valence-corrected chi connectivity index (χ4v) is 3.15. The molecule has 0 aliphatic carbocycles. The zero-order valence-electron chi connectivity index (χ0n) is 10.3. The van der Waals surface area contributed by atoms with Crippen LogP contribution in [0.4, 0.5) is 10.1 Å². The lowest BCUT2D eigenvalue weighted by atomic mass is 10.2. The van der Waals surface area contributed by atoms with E-state index in [1.807, 2.05) is 0 Å². The number of hydrogen-bond donors (Lipinski definition) is 2. The van der Waals surface area contributed by atoms with E-state index in [0.717, 1.165) is 18.2 Å². The Hall–Kier alpha value is -2.30. The van der Waals surface area contributed by atoms with Gasteiger partial charge in [-0.05, 0) is 24.3 Å². The van der Waals surface area contributed by atoms with Gasteiger partial charge in [0.1, 0.15) is 28.1 Å². The Bertz CT molecular complexity index is 847. The molecular formula is C13H8ClFN2O3S. The highest BCUT2D eigenvalue weighted by Crippen LogP contribution is 2.29. The maximum absolute atomic E-state index is 13.5. The average molecular weight is 327 g/mol. The number of phenolic OH excluding ortho intramolecular Hbond substituents is 1. The summed E-state index contributed by atoms with van der Waals surface area (Å²) in [5, 5.41) is 18.1. The molecule has 0 bridgehead atoms. The number of rotatable bonds is 3. The van der Waals surface area contributed by atoms with Crippen LogP contribution in [0, 0.1) is 17.1 Å². The molecule has 0 saturated heterocycles. The predicted molar refractivity (Wildman–Crippen MR) is 75.0 cm³/mol. The summed E-state index contributed by atoms with van der Waals surface area (Å²) in [5.41, 5.74) is -0.581. The van der Waals surface area contributed by atoms with E-state index in [0.29, 0.717) is 0 Å². The van der Waals surface area contributed by atoms with Gasteiger partial charge >= 0.3 is 0 Å². The maximum atomic E-state index is 13.5. The number of nitrogens with one attached hydrogen (secondary N) is 1. The Morgan fingerprint density at radius 3 is 2.62 bits per heavy atom. The first-order valence-electron chi connectivity index (χ1n) is 5.55. The highest BCUT2D eigenvalue weighted by atomic mass is 35.5. The van der Waals surface area contributed by atoms with Gasteiger partial charge in [0.25, 0.3) is 10.0 Å². The lowest BCUT2D eigenvalue weighted by molar-refractivity contribution is 0.475. The molecule has 0 fully saturated rings. The van der Waals surface area contributed by atoms with E-state index in [-0.39, 0.29) is 16.5 Å². The monoisotopic (exact) mass is 326 g/mol. The molecule has 0 spiro atoms. The minimum Gasteiger partial charge on any atom is -0.508 e. The number of phenols is 1. The first-order valence-corrected chi connectivity index (χ1v) is 7.41. The van der Waals surface area contributed by atoms with Crippen LogP contribution in [0.2, 0.25) is 5.02 Å². The van der Waals surface area contributed by atoms with Gasteiger partial charge in [-0.1, -0.05) is 17.7 Å². The second-order valence-electron chi connectivity index (χ2n) is 3.99. The van der Waals surface area contributed by atoms with Gasteiger partial charge in [-0.15, -0.1) is 0 Å². The maximum Gasteiger partial charge on any atom is 0.263 e. The van der Waals surface area contributed by atoms with E-state index in [4.69, 9.17) is 16.9 Å². The summed E-state index contributed by atoms with van der Waals surface area (Å²) in [6.45, 7) is 0. The molecule has 2 rings (SSSR count). The van der Waals surface area contributed by atoms with Crippen molar-refractivity contribution in [3.63, 3.8) is 0 Å². The van der Waals surface area contributed by atoms with E-state index < -0.39 is 26.3 Å². The summed E-state index contributed by atoms with van der Waals surface area (Å²) < 4.78 is 40.1. The van der Waals surface area contributed by atoms with E-state index >= 15 is 0 Å². The minimum absolute atomic E-state index is 0.00242. The van der Waals surface area contributed by atoms with Crippen molar-refractivity contribution in [2.24, 2.45) is 0 Å². The fraction of sp³-hybridized carbons (Fsp3) is 0. The number of sulfonamides is 1. The van der Waals surface area contributed by atoms with Crippen LogP contribution in [0.25, 0.3) is 0 Å². The first-order chi connectivity index (χ1) is 9.85. The SMILES string of the molecule is N#Cc1c(F)cccc1S(=O)(=O)Nc1ccc(O)cc1Cl. The van der Waals surface area contributed by atoms with Crippen LogP contribution in [-0.4, -0.2) is 13.5 Å². The molecule has 5 nitrogen and oxygen atoms in total. The third kappa shape index (κ3) is 3.07. The summed E-state index contributed by atoms with van der Waals surface area (Å²) >= 11 is 5.80. The summed E-state index contributed by atoms with van der Waals surface area (Å²) in [7, 11) is -4.19. The topological polar surface area (TPSA) is 90.2 Å². The van der Waals surface area contributed by atoms with Crippen LogP contribution in [0.5, 0.6) is 5.75 Å². The van der Waals surface area contributed by atoms with Crippen molar-refractivity contribution in [1.29, 1.82) is 5.26 Å². The molecular weight excluding hydrogens is 319 g/mol. The molecule has 0 unspecified atom stereocenters. The highest BCUT2D eigenvalue weighted by Gasteiger charge is 2.22. The second kappa shape index (κ2) is 5.60. The predicted octanol–water partition coefficient (Wildman–Crippen LogP) is 2.86. The Labute approximate surface area is 125 Å². The Morgan fingerprint density at radius 2 is 2.00 bits per heavy atom. The van der Waals surface area contributed by atoms with Crippen molar-refractivity contribution < 1.29 is 17.9 Å². The van der Waals surface area contributed by atoms with Crippen LogP contribution in [0.15, 0.2) is 41.3 Å². The molecule has 8 heteroatoms. The summed E-state index contributed by atoms with van der Waals surface area (Å²) in [6.07, 6.45) is 0. The smallest absolute Gasteiger partial charge is 0.263 e. The van der Waals surface area contributed by atoms with Crippen LogP contribution in [-0.2, 0) is 10.0 Å². The van der Waals surface area contributed by atoms with Crippen LogP contribution >= 0.6 is 11.6 Å². The van der Waals surface area contributed by atoms with Crippen molar-refractivity contribution in [3.8, 4) is 11.8 Å². The van der Waals surface area contributed by atoms with Gasteiger partial charge < -0.3 is 5.11 Å². The Kier molecular flexibility index (Phi) is 4.02. The standard InChI is InChI=1S/C13H8ClFN2O3S/c14-10-6-8(18)4-5-12(10)17-21(19,20)13-3-1-2-11(15)9(13)7-16/h1-6,17-18H. The third-order valence-corrected chi connectivity index (χ3v) is 4.29. The molecule has 0 atom stereocenters. The van der Waals surface area contributed by atoms with E-state index in [9.17, 15) is 17.9 Å². The van der Waals surface area contributed by atoms with E-state index in [1.165, 1.54) is 24.3 Å². The van der Waals surface area contributed by atoms with Gasteiger partial charge in [0.05, 0.1) is 10.7 Å². The van der Waals surface area contributed by atoms with Crippen molar-refractivity contribution >= 4 is 27.3 Å². The molecule has 0 heterocycles. The molecule has 2 aromatic carbocycles. The van der Waals surface area contributed by atoms with Gasteiger partial charge in [0.2, 0.25) is 0 Å². The van der Waals surface area contributed by atoms with Gasteiger partial charge in [0.15, 0.2) is 0 Å². The van der Waals surface area contributed by atoms with Crippen molar-refractivity contribution in [2.45, 2.75) is 4.90 Å². The molecule has 0 aliphatic heterocycles. The van der Waals surface area contributed by atoms with E-state index in [1.54, 1.807) is 0 Å².